The SMILES string of the molecule is CC(C)NC[C@H]1CN(Cc2cc3cc(Cl)ccc3[nH]2)CC(=O)N1Cc1ccc2c(N)ncnc2c1. The fourth-order valence-corrected chi connectivity index (χ4v) is 4.92. The monoisotopic (exact) mass is 491 g/mol. The molecule has 5 rings (SSSR count). The van der Waals surface area contributed by atoms with Crippen LogP contribution in [0.15, 0.2) is 48.8 Å². The van der Waals surface area contributed by atoms with Gasteiger partial charge < -0.3 is 20.9 Å². The minimum atomic E-state index is 0.0450. The summed E-state index contributed by atoms with van der Waals surface area (Å²) >= 11 is 6.15. The first kappa shape index (κ1) is 23.5. The van der Waals surface area contributed by atoms with Gasteiger partial charge in [0.05, 0.1) is 18.1 Å². The number of nitrogens with two attached hydrogens (primary N) is 1. The van der Waals surface area contributed by atoms with Crippen LogP contribution in [0.1, 0.15) is 25.1 Å². The molecule has 1 amide bonds. The molecule has 0 aliphatic carbocycles. The molecule has 1 aliphatic heterocycles. The van der Waals surface area contributed by atoms with Gasteiger partial charge in [-0.1, -0.05) is 31.5 Å². The van der Waals surface area contributed by atoms with Crippen LogP contribution in [0.2, 0.25) is 5.02 Å². The second-order valence-electron chi connectivity index (χ2n) is 9.54. The fraction of sp³-hybridized carbons (Fsp3) is 0.346. The molecule has 1 aliphatic rings. The molecule has 182 valence electrons. The van der Waals surface area contributed by atoms with E-state index in [4.69, 9.17) is 17.3 Å². The molecule has 2 aromatic carbocycles. The van der Waals surface area contributed by atoms with E-state index >= 15 is 0 Å². The van der Waals surface area contributed by atoms with Crippen LogP contribution >= 0.6 is 11.6 Å². The lowest BCUT2D eigenvalue weighted by atomic mass is 10.1. The lowest BCUT2D eigenvalue weighted by Gasteiger charge is -2.41. The average molecular weight is 492 g/mol. The number of aromatic nitrogens is 3. The predicted octanol–water partition coefficient (Wildman–Crippen LogP) is 3.56. The molecule has 0 radical (unpaired) electrons. The maximum absolute atomic E-state index is 13.4. The van der Waals surface area contributed by atoms with Crippen molar-refractivity contribution >= 4 is 45.1 Å². The van der Waals surface area contributed by atoms with Crippen molar-refractivity contribution in [3.05, 3.63) is 65.1 Å². The largest absolute Gasteiger partial charge is 0.383 e. The maximum atomic E-state index is 13.4. The molecule has 3 heterocycles. The number of aromatic amines is 1. The maximum Gasteiger partial charge on any atom is 0.237 e. The van der Waals surface area contributed by atoms with Crippen molar-refractivity contribution < 1.29 is 4.79 Å². The molecule has 9 heteroatoms. The van der Waals surface area contributed by atoms with Crippen LogP contribution in [-0.2, 0) is 17.9 Å². The van der Waals surface area contributed by atoms with E-state index in [2.05, 4.69) is 45.1 Å². The normalized spacial score (nSPS) is 17.2. The van der Waals surface area contributed by atoms with E-state index in [1.54, 1.807) is 0 Å². The Morgan fingerprint density at radius 1 is 1.17 bits per heavy atom. The van der Waals surface area contributed by atoms with Crippen LogP contribution in [0.4, 0.5) is 5.82 Å². The highest BCUT2D eigenvalue weighted by Gasteiger charge is 2.32. The summed E-state index contributed by atoms with van der Waals surface area (Å²) < 4.78 is 0. The van der Waals surface area contributed by atoms with Crippen molar-refractivity contribution in [3.8, 4) is 0 Å². The number of nitrogens with zero attached hydrogens (tertiary/aromatic N) is 4. The Bertz CT molecular complexity index is 1370. The van der Waals surface area contributed by atoms with E-state index in [-0.39, 0.29) is 11.9 Å². The van der Waals surface area contributed by atoms with Crippen LogP contribution in [0.25, 0.3) is 21.8 Å². The molecule has 0 bridgehead atoms. The number of benzene rings is 2. The average Bonchev–Trinajstić information content (AvgIpc) is 3.21. The van der Waals surface area contributed by atoms with Gasteiger partial charge in [-0.2, -0.15) is 0 Å². The number of hydrogen-bond donors (Lipinski definition) is 3. The number of carbonyl (C=O) groups is 1. The minimum absolute atomic E-state index is 0.0450. The van der Waals surface area contributed by atoms with Crippen molar-refractivity contribution in [2.45, 2.75) is 39.0 Å². The zero-order valence-corrected chi connectivity index (χ0v) is 20.7. The lowest BCUT2D eigenvalue weighted by Crippen LogP contribution is -2.59. The Morgan fingerprint density at radius 2 is 2.03 bits per heavy atom. The number of carbonyl (C=O) groups excluding carboxylic acids is 1. The molecule has 0 saturated carbocycles. The summed E-state index contributed by atoms with van der Waals surface area (Å²) in [6.07, 6.45) is 1.47. The van der Waals surface area contributed by atoms with E-state index in [0.717, 1.165) is 51.2 Å². The number of hydrogen-bond acceptors (Lipinski definition) is 6. The molecule has 1 atom stereocenters. The lowest BCUT2D eigenvalue weighted by molar-refractivity contribution is -0.140. The molecular formula is C26H30ClN7O. The van der Waals surface area contributed by atoms with Crippen molar-refractivity contribution in [2.24, 2.45) is 0 Å². The molecule has 1 saturated heterocycles. The van der Waals surface area contributed by atoms with Crippen molar-refractivity contribution in [1.29, 1.82) is 0 Å². The van der Waals surface area contributed by atoms with Gasteiger partial charge in [-0.15, -0.1) is 0 Å². The highest BCUT2D eigenvalue weighted by molar-refractivity contribution is 6.31. The van der Waals surface area contributed by atoms with Gasteiger partial charge in [0, 0.05) is 59.2 Å². The topological polar surface area (TPSA) is 103 Å². The van der Waals surface area contributed by atoms with Gasteiger partial charge in [0.1, 0.15) is 12.1 Å². The summed E-state index contributed by atoms with van der Waals surface area (Å²) in [4.78, 5) is 29.4. The number of amides is 1. The number of nitrogens with one attached hydrogen (secondary N) is 2. The summed E-state index contributed by atoms with van der Waals surface area (Å²) in [7, 11) is 0. The molecular weight excluding hydrogens is 462 g/mol. The third-order valence-electron chi connectivity index (χ3n) is 6.47. The smallest absolute Gasteiger partial charge is 0.237 e. The summed E-state index contributed by atoms with van der Waals surface area (Å²) in [6, 6.07) is 14.3. The zero-order chi connectivity index (χ0) is 24.5. The highest BCUT2D eigenvalue weighted by atomic mass is 35.5. The van der Waals surface area contributed by atoms with E-state index in [1.165, 1.54) is 6.33 Å². The standard InChI is InChI=1S/C26H30ClN7O/c1-16(2)29-10-21-13-33(12-20-9-18-8-19(27)4-6-23(18)32-20)14-25(35)34(21)11-17-3-5-22-24(7-17)30-15-31-26(22)28/h3-9,15-16,21,29,32H,10-14H2,1-2H3,(H2,28,30,31)/t21-/m0/s1. The molecule has 0 unspecified atom stereocenters. The second-order valence-corrected chi connectivity index (χ2v) is 9.98. The van der Waals surface area contributed by atoms with Crippen LogP contribution in [0.5, 0.6) is 0 Å². The molecule has 2 aromatic heterocycles. The van der Waals surface area contributed by atoms with Crippen LogP contribution in [0, 0.1) is 0 Å². The molecule has 4 aromatic rings. The number of fused-ring (bicyclic) bond motifs is 2. The van der Waals surface area contributed by atoms with Gasteiger partial charge in [0.25, 0.3) is 0 Å². The van der Waals surface area contributed by atoms with Crippen molar-refractivity contribution in [2.75, 3.05) is 25.4 Å². The minimum Gasteiger partial charge on any atom is -0.383 e. The second kappa shape index (κ2) is 9.81. The van der Waals surface area contributed by atoms with Crippen LogP contribution < -0.4 is 11.1 Å². The Balaban J connectivity index is 1.34. The summed E-state index contributed by atoms with van der Waals surface area (Å²) in [5, 5.41) is 6.14. The molecule has 8 nitrogen and oxygen atoms in total. The van der Waals surface area contributed by atoms with Gasteiger partial charge >= 0.3 is 0 Å². The Hall–Kier alpha value is -3.20. The van der Waals surface area contributed by atoms with Gasteiger partial charge in [-0.3, -0.25) is 9.69 Å². The summed E-state index contributed by atoms with van der Waals surface area (Å²) in [6.45, 7) is 7.33. The molecule has 0 spiro atoms. The van der Waals surface area contributed by atoms with Crippen LogP contribution in [-0.4, -0.2) is 62.4 Å². The quantitative estimate of drug-likeness (QED) is 0.365. The van der Waals surface area contributed by atoms with E-state index < -0.39 is 0 Å². The number of halogens is 1. The van der Waals surface area contributed by atoms with Gasteiger partial charge in [-0.05, 0) is 42.0 Å². The van der Waals surface area contributed by atoms with E-state index in [1.807, 2.05) is 41.3 Å². The van der Waals surface area contributed by atoms with Gasteiger partial charge in [0.2, 0.25) is 5.91 Å². The Labute approximate surface area is 209 Å². The van der Waals surface area contributed by atoms with Crippen molar-refractivity contribution in [3.63, 3.8) is 0 Å². The van der Waals surface area contributed by atoms with Gasteiger partial charge in [0.15, 0.2) is 0 Å². The van der Waals surface area contributed by atoms with Gasteiger partial charge in [-0.25, -0.2) is 9.97 Å². The predicted molar refractivity (Wildman–Crippen MR) is 140 cm³/mol. The Kier molecular flexibility index (Phi) is 6.60. The summed E-state index contributed by atoms with van der Waals surface area (Å²) in [5.41, 5.74) is 9.91. The molecule has 4 N–H and O–H groups in total. The number of anilines is 1. The van der Waals surface area contributed by atoms with E-state index in [9.17, 15) is 4.79 Å². The third kappa shape index (κ3) is 5.24. The molecule has 1 fully saturated rings. The number of rotatable bonds is 7. The zero-order valence-electron chi connectivity index (χ0n) is 20.0. The molecule has 35 heavy (non-hydrogen) atoms. The number of nitrogen functional groups attached to an aromatic ring is 1. The summed E-state index contributed by atoms with van der Waals surface area (Å²) in [5.74, 6) is 0.581. The fourth-order valence-electron chi connectivity index (χ4n) is 4.74. The third-order valence-corrected chi connectivity index (χ3v) is 6.70. The number of H-pyrrole nitrogens is 1. The first-order chi connectivity index (χ1) is 16.9. The Morgan fingerprint density at radius 3 is 2.86 bits per heavy atom. The number of piperazine rings is 1. The first-order valence-corrected chi connectivity index (χ1v) is 12.2. The first-order valence-electron chi connectivity index (χ1n) is 11.9. The van der Waals surface area contributed by atoms with Crippen LogP contribution in [0.3, 0.4) is 0 Å². The van der Waals surface area contributed by atoms with Crippen molar-refractivity contribution in [1.82, 2.24) is 30.1 Å². The van der Waals surface area contributed by atoms with E-state index in [0.29, 0.717) is 31.5 Å². The highest BCUT2D eigenvalue weighted by Crippen LogP contribution is 2.24.